The van der Waals surface area contributed by atoms with Crippen molar-refractivity contribution in [3.8, 4) is 0 Å². The van der Waals surface area contributed by atoms with Gasteiger partial charge in [-0.05, 0) is 55.8 Å². The van der Waals surface area contributed by atoms with Crippen molar-refractivity contribution in [2.45, 2.75) is 51.5 Å². The van der Waals surface area contributed by atoms with Crippen LogP contribution in [-0.2, 0) is 6.42 Å². The first kappa shape index (κ1) is 15.4. The number of thiol groups is 1. The second-order valence-corrected chi connectivity index (χ2v) is 7.61. The lowest BCUT2D eigenvalue weighted by atomic mass is 9.75. The molecule has 1 atom stereocenters. The molecule has 2 rings (SSSR count). The topological polar surface area (TPSA) is 3.24 Å². The molecular formula is C16H27NS2. The number of hydrogen-bond donors (Lipinski definition) is 1. The van der Waals surface area contributed by atoms with E-state index in [9.17, 15) is 0 Å². The van der Waals surface area contributed by atoms with E-state index in [-0.39, 0.29) is 0 Å². The average molecular weight is 298 g/mol. The van der Waals surface area contributed by atoms with Crippen LogP contribution in [0.5, 0.6) is 0 Å². The lowest BCUT2D eigenvalue weighted by Crippen LogP contribution is -2.43. The monoisotopic (exact) mass is 297 g/mol. The molecule has 1 unspecified atom stereocenters. The Bertz CT molecular complexity index is 355. The molecular weight excluding hydrogens is 270 g/mol. The maximum Gasteiger partial charge on any atom is 0.0112 e. The predicted octanol–water partition coefficient (Wildman–Crippen LogP) is 4.49. The van der Waals surface area contributed by atoms with Gasteiger partial charge in [0.1, 0.15) is 0 Å². The Balaban J connectivity index is 1.89. The van der Waals surface area contributed by atoms with Gasteiger partial charge in [0, 0.05) is 17.5 Å². The summed E-state index contributed by atoms with van der Waals surface area (Å²) in [5, 5.41) is 2.18. The van der Waals surface area contributed by atoms with Crippen LogP contribution in [0, 0.1) is 5.41 Å². The summed E-state index contributed by atoms with van der Waals surface area (Å²) in [7, 11) is 2.29. The SMILES string of the molecule is CC(Cc1cccs1)N(C)CC1(CS)CCCCC1. The fourth-order valence-corrected chi connectivity index (χ4v) is 4.47. The first-order valence-corrected chi connectivity index (χ1v) is 9.00. The Morgan fingerprint density at radius 2 is 2.11 bits per heavy atom. The molecule has 3 heteroatoms. The molecule has 1 aromatic rings. The minimum atomic E-state index is 0.472. The highest BCUT2D eigenvalue weighted by molar-refractivity contribution is 7.80. The number of hydrogen-bond acceptors (Lipinski definition) is 3. The van der Waals surface area contributed by atoms with Crippen LogP contribution in [-0.4, -0.2) is 30.3 Å². The first-order valence-electron chi connectivity index (χ1n) is 7.49. The maximum absolute atomic E-state index is 4.66. The van der Waals surface area contributed by atoms with E-state index in [1.807, 2.05) is 11.3 Å². The van der Waals surface area contributed by atoms with Gasteiger partial charge in [-0.25, -0.2) is 0 Å². The summed E-state index contributed by atoms with van der Waals surface area (Å²) in [5.41, 5.74) is 0.472. The summed E-state index contributed by atoms with van der Waals surface area (Å²) < 4.78 is 0. The highest BCUT2D eigenvalue weighted by Crippen LogP contribution is 2.38. The van der Waals surface area contributed by atoms with Gasteiger partial charge in [0.2, 0.25) is 0 Å². The third-order valence-corrected chi connectivity index (χ3v) is 6.23. The van der Waals surface area contributed by atoms with Crippen LogP contribution in [0.15, 0.2) is 17.5 Å². The third kappa shape index (κ3) is 4.24. The van der Waals surface area contributed by atoms with Crippen molar-refractivity contribution < 1.29 is 0 Å². The molecule has 1 aliphatic rings. The Hall–Kier alpha value is 0.01000. The zero-order valence-electron chi connectivity index (χ0n) is 12.3. The number of rotatable bonds is 6. The van der Waals surface area contributed by atoms with Crippen LogP contribution in [0.25, 0.3) is 0 Å². The summed E-state index contributed by atoms with van der Waals surface area (Å²) in [5.74, 6) is 1.04. The van der Waals surface area contributed by atoms with E-state index in [0.29, 0.717) is 11.5 Å². The van der Waals surface area contributed by atoms with Crippen LogP contribution >= 0.6 is 24.0 Å². The van der Waals surface area contributed by atoms with Crippen LogP contribution < -0.4 is 0 Å². The third-order valence-electron chi connectivity index (χ3n) is 4.66. The smallest absolute Gasteiger partial charge is 0.0112 e. The van der Waals surface area contributed by atoms with Crippen molar-refractivity contribution in [2.75, 3.05) is 19.3 Å². The molecule has 0 N–H and O–H groups in total. The van der Waals surface area contributed by atoms with Crippen LogP contribution in [0.1, 0.15) is 43.9 Å². The Morgan fingerprint density at radius 1 is 1.37 bits per heavy atom. The fraction of sp³-hybridized carbons (Fsp3) is 0.750. The first-order chi connectivity index (χ1) is 9.15. The molecule has 19 heavy (non-hydrogen) atoms. The van der Waals surface area contributed by atoms with Crippen LogP contribution in [0.3, 0.4) is 0 Å². The highest BCUT2D eigenvalue weighted by Gasteiger charge is 2.32. The van der Waals surface area contributed by atoms with Crippen LogP contribution in [0.2, 0.25) is 0 Å². The van der Waals surface area contributed by atoms with E-state index in [2.05, 4.69) is 49.0 Å². The summed E-state index contributed by atoms with van der Waals surface area (Å²) >= 11 is 6.53. The van der Waals surface area contributed by atoms with Gasteiger partial charge in [-0.2, -0.15) is 12.6 Å². The van der Waals surface area contributed by atoms with E-state index >= 15 is 0 Å². The molecule has 0 spiro atoms. The molecule has 0 bridgehead atoms. The predicted molar refractivity (Wildman–Crippen MR) is 89.5 cm³/mol. The summed E-state index contributed by atoms with van der Waals surface area (Å²) in [6.45, 7) is 3.57. The maximum atomic E-state index is 4.66. The van der Waals surface area contributed by atoms with Gasteiger partial charge < -0.3 is 4.90 Å². The molecule has 1 fully saturated rings. The number of thiophene rings is 1. The minimum absolute atomic E-state index is 0.472. The van der Waals surface area contributed by atoms with Gasteiger partial charge in [-0.15, -0.1) is 11.3 Å². The molecule has 1 nitrogen and oxygen atoms in total. The molecule has 1 heterocycles. The Labute approximate surface area is 127 Å². The molecule has 1 saturated carbocycles. The lowest BCUT2D eigenvalue weighted by molar-refractivity contribution is 0.120. The van der Waals surface area contributed by atoms with Gasteiger partial charge in [-0.3, -0.25) is 0 Å². The van der Waals surface area contributed by atoms with Crippen molar-refractivity contribution in [1.82, 2.24) is 4.90 Å². The van der Waals surface area contributed by atoms with Crippen molar-refractivity contribution in [2.24, 2.45) is 5.41 Å². The van der Waals surface area contributed by atoms with Gasteiger partial charge in [0.25, 0.3) is 0 Å². The van der Waals surface area contributed by atoms with Crippen molar-refractivity contribution in [3.05, 3.63) is 22.4 Å². The zero-order valence-corrected chi connectivity index (χ0v) is 14.0. The number of nitrogens with zero attached hydrogens (tertiary/aromatic N) is 1. The van der Waals surface area contributed by atoms with Gasteiger partial charge in [0.15, 0.2) is 0 Å². The van der Waals surface area contributed by atoms with Gasteiger partial charge in [0.05, 0.1) is 0 Å². The second-order valence-electron chi connectivity index (χ2n) is 6.27. The molecule has 0 aromatic carbocycles. The lowest BCUT2D eigenvalue weighted by Gasteiger charge is -2.41. The standard InChI is InChI=1S/C16H27NS2/c1-14(11-15-7-6-10-19-15)17(2)12-16(13-18)8-4-3-5-9-16/h6-7,10,14,18H,3-5,8-9,11-13H2,1-2H3. The molecule has 0 aliphatic heterocycles. The van der Waals surface area contributed by atoms with E-state index in [4.69, 9.17) is 0 Å². The highest BCUT2D eigenvalue weighted by atomic mass is 32.1. The van der Waals surface area contributed by atoms with Gasteiger partial charge >= 0.3 is 0 Å². The average Bonchev–Trinajstić information content (AvgIpc) is 2.92. The molecule has 108 valence electrons. The van der Waals surface area contributed by atoms with Crippen molar-refractivity contribution >= 4 is 24.0 Å². The quantitative estimate of drug-likeness (QED) is 0.757. The Kier molecular flexibility index (Phi) is 5.79. The molecule has 1 aromatic heterocycles. The second kappa shape index (κ2) is 7.14. The van der Waals surface area contributed by atoms with E-state index in [1.165, 1.54) is 49.9 Å². The molecule has 0 saturated heterocycles. The zero-order chi connectivity index (χ0) is 13.7. The molecule has 1 aliphatic carbocycles. The van der Waals surface area contributed by atoms with Crippen molar-refractivity contribution in [3.63, 3.8) is 0 Å². The summed E-state index contributed by atoms with van der Waals surface area (Å²) in [4.78, 5) is 4.06. The Morgan fingerprint density at radius 3 is 2.68 bits per heavy atom. The van der Waals surface area contributed by atoms with E-state index in [0.717, 1.165) is 5.75 Å². The number of likely N-dealkylation sites (N-methyl/N-ethyl adjacent to an activating group) is 1. The molecule has 0 radical (unpaired) electrons. The largest absolute Gasteiger partial charge is 0.303 e. The molecule has 0 amide bonds. The fourth-order valence-electron chi connectivity index (χ4n) is 3.23. The summed E-state index contributed by atoms with van der Waals surface area (Å²) in [6, 6.07) is 5.03. The minimum Gasteiger partial charge on any atom is -0.303 e. The van der Waals surface area contributed by atoms with Crippen molar-refractivity contribution in [1.29, 1.82) is 0 Å². The van der Waals surface area contributed by atoms with Crippen LogP contribution in [0.4, 0.5) is 0 Å². The van der Waals surface area contributed by atoms with E-state index in [1.54, 1.807) is 0 Å². The normalized spacial score (nSPS) is 20.6. The van der Waals surface area contributed by atoms with E-state index < -0.39 is 0 Å². The van der Waals surface area contributed by atoms with Gasteiger partial charge in [-0.1, -0.05) is 25.3 Å². The summed E-state index contributed by atoms with van der Waals surface area (Å²) in [6.07, 6.45) is 8.13.